The summed E-state index contributed by atoms with van der Waals surface area (Å²) >= 11 is 0. The first-order chi connectivity index (χ1) is 12.3. The summed E-state index contributed by atoms with van der Waals surface area (Å²) in [6, 6.07) is 1.82. The zero-order valence-corrected chi connectivity index (χ0v) is 13.5. The lowest BCUT2D eigenvalue weighted by Gasteiger charge is -2.34. The maximum absolute atomic E-state index is 14.4. The van der Waals surface area contributed by atoms with E-state index in [0.29, 0.717) is 6.07 Å². The van der Waals surface area contributed by atoms with Crippen molar-refractivity contribution in [2.45, 2.75) is 25.1 Å². The highest BCUT2D eigenvalue weighted by Gasteiger charge is 2.41. The number of hydrogen-bond acceptors (Lipinski definition) is 6. The van der Waals surface area contributed by atoms with Crippen molar-refractivity contribution in [2.24, 2.45) is 0 Å². The fraction of sp³-hybridized carbons (Fsp3) is 0.267. The summed E-state index contributed by atoms with van der Waals surface area (Å²) in [5.74, 6) is -3.05. The second kappa shape index (κ2) is 6.59. The van der Waals surface area contributed by atoms with Gasteiger partial charge in [-0.2, -0.15) is 5.10 Å². The van der Waals surface area contributed by atoms with Gasteiger partial charge in [0.05, 0.1) is 18.8 Å². The molecule has 0 spiro atoms. The third-order valence-corrected chi connectivity index (χ3v) is 4.08. The van der Waals surface area contributed by atoms with Crippen LogP contribution in [0.25, 0.3) is 0 Å². The second-order valence-corrected chi connectivity index (χ2v) is 5.71. The number of aromatic nitrogens is 6. The van der Waals surface area contributed by atoms with Crippen molar-refractivity contribution < 1.29 is 23.8 Å². The molecule has 11 heteroatoms. The Morgan fingerprint density at radius 1 is 1.38 bits per heavy atom. The van der Waals surface area contributed by atoms with Crippen LogP contribution in [0.1, 0.15) is 29.0 Å². The number of aromatic carboxylic acids is 1. The smallest absolute Gasteiger partial charge is 0.358 e. The topological polar surface area (TPSA) is 119 Å². The van der Waals surface area contributed by atoms with Crippen LogP contribution in [-0.4, -0.2) is 45.9 Å². The Morgan fingerprint density at radius 3 is 2.73 bits per heavy atom. The number of rotatable bonds is 6. The molecule has 1 aromatic carbocycles. The van der Waals surface area contributed by atoms with Crippen molar-refractivity contribution in [1.82, 2.24) is 29.8 Å². The number of benzene rings is 1. The summed E-state index contributed by atoms with van der Waals surface area (Å²) in [4.78, 5) is 14.8. The van der Waals surface area contributed by atoms with Gasteiger partial charge in [0.2, 0.25) is 0 Å². The highest BCUT2D eigenvalue weighted by atomic mass is 19.1. The van der Waals surface area contributed by atoms with Crippen LogP contribution in [0, 0.1) is 11.6 Å². The number of nitrogens with zero attached hydrogens (tertiary/aromatic N) is 6. The Balaban J connectivity index is 2.08. The largest absolute Gasteiger partial charge is 0.476 e. The third kappa shape index (κ3) is 3.16. The fourth-order valence-electron chi connectivity index (χ4n) is 2.63. The number of halogens is 2. The van der Waals surface area contributed by atoms with Gasteiger partial charge in [-0.05, 0) is 13.0 Å². The van der Waals surface area contributed by atoms with E-state index in [2.05, 4.69) is 20.4 Å². The fourth-order valence-corrected chi connectivity index (χ4v) is 2.63. The van der Waals surface area contributed by atoms with Crippen molar-refractivity contribution in [1.29, 1.82) is 0 Å². The van der Waals surface area contributed by atoms with Gasteiger partial charge in [0.1, 0.15) is 29.9 Å². The normalized spacial score (nSPS) is 14.8. The number of carboxylic acids is 1. The second-order valence-electron chi connectivity index (χ2n) is 5.71. The standard InChI is InChI=1S/C15H14F2N6O3/c1-9(23-5-13(14(24)25)20-21-23)15(26,6-22-8-18-7-19-22)11-3-2-10(16)4-12(11)17/h2-5,7-9,26H,6H2,1H3,(H,24,25)/t9-,15-/m1/s1. The molecule has 3 rings (SSSR count). The molecule has 0 aliphatic heterocycles. The molecule has 136 valence electrons. The van der Waals surface area contributed by atoms with E-state index in [4.69, 9.17) is 5.11 Å². The molecule has 0 unspecified atom stereocenters. The first-order valence-corrected chi connectivity index (χ1v) is 7.46. The van der Waals surface area contributed by atoms with Gasteiger partial charge in [-0.25, -0.2) is 27.9 Å². The average molecular weight is 364 g/mol. The molecule has 9 nitrogen and oxygen atoms in total. The Bertz CT molecular complexity index is 929. The van der Waals surface area contributed by atoms with Gasteiger partial charge >= 0.3 is 5.97 Å². The minimum atomic E-state index is -1.95. The van der Waals surface area contributed by atoms with Gasteiger partial charge in [-0.3, -0.25) is 0 Å². The maximum Gasteiger partial charge on any atom is 0.358 e. The predicted octanol–water partition coefficient (Wildman–Crippen LogP) is 0.995. The Hall–Kier alpha value is -3.21. The SMILES string of the molecule is C[C@@H](n1cc(C(=O)O)nn1)[C@](O)(Cn1cncn1)c1ccc(F)cc1F. The molecule has 2 N–H and O–H groups in total. The summed E-state index contributed by atoms with van der Waals surface area (Å²) in [6.07, 6.45) is 3.67. The lowest BCUT2D eigenvalue weighted by atomic mass is 9.86. The van der Waals surface area contributed by atoms with Crippen molar-refractivity contribution in [3.05, 3.63) is 59.9 Å². The molecule has 0 saturated carbocycles. The molecule has 2 heterocycles. The van der Waals surface area contributed by atoms with E-state index in [1.165, 1.54) is 24.3 Å². The van der Waals surface area contributed by atoms with Gasteiger partial charge in [0.15, 0.2) is 5.69 Å². The number of carbonyl (C=O) groups is 1. The minimum Gasteiger partial charge on any atom is -0.476 e. The molecule has 2 aromatic heterocycles. The van der Waals surface area contributed by atoms with Crippen molar-refractivity contribution in [2.75, 3.05) is 0 Å². The predicted molar refractivity (Wildman–Crippen MR) is 82.0 cm³/mol. The van der Waals surface area contributed by atoms with Gasteiger partial charge in [-0.1, -0.05) is 11.3 Å². The maximum atomic E-state index is 14.4. The van der Waals surface area contributed by atoms with Crippen LogP contribution in [0.5, 0.6) is 0 Å². The molecule has 0 saturated heterocycles. The van der Waals surface area contributed by atoms with E-state index in [1.807, 2.05) is 0 Å². The van der Waals surface area contributed by atoms with Crippen LogP contribution in [0.3, 0.4) is 0 Å². The molecule has 3 aromatic rings. The summed E-state index contributed by atoms with van der Waals surface area (Å²) in [7, 11) is 0. The van der Waals surface area contributed by atoms with Crippen LogP contribution in [0.4, 0.5) is 8.78 Å². The third-order valence-electron chi connectivity index (χ3n) is 4.08. The van der Waals surface area contributed by atoms with E-state index in [-0.39, 0.29) is 17.8 Å². The van der Waals surface area contributed by atoms with Crippen LogP contribution in [0.2, 0.25) is 0 Å². The van der Waals surface area contributed by atoms with Crippen molar-refractivity contribution in [3.63, 3.8) is 0 Å². The quantitative estimate of drug-likeness (QED) is 0.669. The zero-order chi connectivity index (χ0) is 18.9. The van der Waals surface area contributed by atoms with Gasteiger partial charge in [-0.15, -0.1) is 5.10 Å². The molecule has 0 fully saturated rings. The van der Waals surface area contributed by atoms with E-state index < -0.39 is 29.2 Å². The van der Waals surface area contributed by atoms with Crippen LogP contribution in [-0.2, 0) is 12.1 Å². The molecule has 2 atom stereocenters. The molecule has 26 heavy (non-hydrogen) atoms. The molecular formula is C15H14F2N6O3. The average Bonchev–Trinajstić information content (AvgIpc) is 3.25. The van der Waals surface area contributed by atoms with E-state index in [9.17, 15) is 18.7 Å². The first-order valence-electron chi connectivity index (χ1n) is 7.46. The molecule has 0 bridgehead atoms. The first kappa shape index (κ1) is 17.6. The lowest BCUT2D eigenvalue weighted by Crippen LogP contribution is -2.41. The number of carboxylic acid groups (broad SMARTS) is 1. The van der Waals surface area contributed by atoms with Crippen LogP contribution < -0.4 is 0 Å². The van der Waals surface area contributed by atoms with Crippen molar-refractivity contribution in [3.8, 4) is 0 Å². The Kier molecular flexibility index (Phi) is 4.47. The molecule has 0 radical (unpaired) electrons. The summed E-state index contributed by atoms with van der Waals surface area (Å²) in [5, 5.41) is 31.4. The van der Waals surface area contributed by atoms with E-state index in [1.54, 1.807) is 0 Å². The molecular weight excluding hydrogens is 350 g/mol. The monoisotopic (exact) mass is 364 g/mol. The summed E-state index contributed by atoms with van der Waals surface area (Å²) in [6.45, 7) is 1.26. The Labute approximate surface area is 145 Å². The van der Waals surface area contributed by atoms with Crippen LogP contribution in [0.15, 0.2) is 37.1 Å². The number of aliphatic hydroxyl groups is 1. The van der Waals surface area contributed by atoms with E-state index in [0.717, 1.165) is 23.0 Å². The zero-order valence-electron chi connectivity index (χ0n) is 13.5. The molecule has 0 amide bonds. The molecule has 0 aliphatic rings. The van der Waals surface area contributed by atoms with Gasteiger partial charge in [0, 0.05) is 11.6 Å². The summed E-state index contributed by atoms with van der Waals surface area (Å²) < 4.78 is 30.1. The highest BCUT2D eigenvalue weighted by Crippen LogP contribution is 2.36. The van der Waals surface area contributed by atoms with Gasteiger partial charge in [0.25, 0.3) is 0 Å². The van der Waals surface area contributed by atoms with Gasteiger partial charge < -0.3 is 10.2 Å². The van der Waals surface area contributed by atoms with Crippen LogP contribution >= 0.6 is 0 Å². The van der Waals surface area contributed by atoms with E-state index >= 15 is 0 Å². The Morgan fingerprint density at radius 2 is 2.15 bits per heavy atom. The highest BCUT2D eigenvalue weighted by molar-refractivity contribution is 5.84. The molecule has 0 aliphatic carbocycles. The lowest BCUT2D eigenvalue weighted by molar-refractivity contribution is -0.0374. The summed E-state index contributed by atoms with van der Waals surface area (Å²) in [5.41, 5.74) is -2.48. The minimum absolute atomic E-state index is 0.200. The number of hydrogen-bond donors (Lipinski definition) is 2. The van der Waals surface area contributed by atoms with Crippen molar-refractivity contribution >= 4 is 5.97 Å².